The number of benzene rings is 1. The molecule has 0 radical (unpaired) electrons. The van der Waals surface area contributed by atoms with Crippen LogP contribution < -0.4 is 14.2 Å². The largest absolute Gasteiger partial charge is 0.496 e. The Bertz CT molecular complexity index is 379. The van der Waals surface area contributed by atoms with Crippen LogP contribution in [0.5, 0.6) is 17.2 Å². The van der Waals surface area contributed by atoms with Crippen molar-refractivity contribution in [2.75, 3.05) is 27.9 Å². The fourth-order valence-electron chi connectivity index (χ4n) is 1.64. The summed E-state index contributed by atoms with van der Waals surface area (Å²) in [6, 6.07) is 1.79. The van der Waals surface area contributed by atoms with Crippen LogP contribution in [0.2, 0.25) is 0 Å². The molecule has 0 saturated heterocycles. The summed E-state index contributed by atoms with van der Waals surface area (Å²) in [5, 5.41) is 8.90. The van der Waals surface area contributed by atoms with E-state index in [2.05, 4.69) is 15.9 Å². The summed E-state index contributed by atoms with van der Waals surface area (Å²) in [6.07, 6.45) is 1.38. The summed E-state index contributed by atoms with van der Waals surface area (Å²) >= 11 is 3.49. The summed E-state index contributed by atoms with van der Waals surface area (Å²) in [4.78, 5) is 0. The van der Waals surface area contributed by atoms with Crippen molar-refractivity contribution in [3.05, 3.63) is 16.1 Å². The standard InChI is InChI=1S/C12H17BrO4/c1-15-9-7-10(16-2)12(17-3)11(13)8(9)5-4-6-14/h7,14H,4-6H2,1-3H3. The molecule has 0 unspecified atom stereocenters. The van der Waals surface area contributed by atoms with Crippen molar-refractivity contribution >= 4 is 15.9 Å². The zero-order valence-corrected chi connectivity index (χ0v) is 11.8. The van der Waals surface area contributed by atoms with E-state index in [1.165, 1.54) is 0 Å². The molecule has 0 aromatic heterocycles. The smallest absolute Gasteiger partial charge is 0.175 e. The molecule has 0 bridgehead atoms. The van der Waals surface area contributed by atoms with Gasteiger partial charge in [0.25, 0.3) is 0 Å². The molecule has 17 heavy (non-hydrogen) atoms. The fourth-order valence-corrected chi connectivity index (χ4v) is 2.39. The number of aliphatic hydroxyl groups excluding tert-OH is 1. The molecule has 0 amide bonds. The number of ether oxygens (including phenoxy) is 3. The summed E-state index contributed by atoms with van der Waals surface area (Å²) in [7, 11) is 4.78. The Morgan fingerprint density at radius 3 is 2.24 bits per heavy atom. The third-order valence-electron chi connectivity index (χ3n) is 2.48. The lowest BCUT2D eigenvalue weighted by Crippen LogP contribution is -2.00. The number of halogens is 1. The SMILES string of the molecule is COc1cc(OC)c(OC)c(Br)c1CCCO. The first-order valence-electron chi connectivity index (χ1n) is 5.27. The maximum absolute atomic E-state index is 8.90. The molecular formula is C12H17BrO4. The third kappa shape index (κ3) is 3.04. The van der Waals surface area contributed by atoms with E-state index in [9.17, 15) is 0 Å². The van der Waals surface area contributed by atoms with Gasteiger partial charge < -0.3 is 19.3 Å². The van der Waals surface area contributed by atoms with Gasteiger partial charge in [-0.15, -0.1) is 0 Å². The molecule has 1 aromatic carbocycles. The average molecular weight is 305 g/mol. The van der Waals surface area contributed by atoms with Gasteiger partial charge in [-0.3, -0.25) is 0 Å². The highest BCUT2D eigenvalue weighted by molar-refractivity contribution is 9.10. The highest BCUT2D eigenvalue weighted by Gasteiger charge is 2.17. The van der Waals surface area contributed by atoms with Gasteiger partial charge in [-0.2, -0.15) is 0 Å². The Morgan fingerprint density at radius 2 is 1.76 bits per heavy atom. The topological polar surface area (TPSA) is 47.9 Å². The van der Waals surface area contributed by atoms with Crippen LogP contribution in [0.3, 0.4) is 0 Å². The van der Waals surface area contributed by atoms with Gasteiger partial charge in [0.15, 0.2) is 11.5 Å². The zero-order valence-electron chi connectivity index (χ0n) is 10.2. The normalized spacial score (nSPS) is 10.2. The van der Waals surface area contributed by atoms with Crippen molar-refractivity contribution in [1.29, 1.82) is 0 Å². The minimum atomic E-state index is 0.143. The van der Waals surface area contributed by atoms with E-state index in [-0.39, 0.29) is 6.61 Å². The second-order valence-corrected chi connectivity index (χ2v) is 4.23. The van der Waals surface area contributed by atoms with Gasteiger partial charge in [0.2, 0.25) is 0 Å². The van der Waals surface area contributed by atoms with Crippen LogP contribution in [0.4, 0.5) is 0 Å². The Kier molecular flexibility index (Phi) is 5.58. The van der Waals surface area contributed by atoms with Gasteiger partial charge in [0.1, 0.15) is 5.75 Å². The van der Waals surface area contributed by atoms with E-state index in [0.29, 0.717) is 24.3 Å². The second-order valence-electron chi connectivity index (χ2n) is 3.43. The third-order valence-corrected chi connectivity index (χ3v) is 3.32. The molecule has 0 spiro atoms. The van der Waals surface area contributed by atoms with Crippen molar-refractivity contribution in [2.24, 2.45) is 0 Å². The van der Waals surface area contributed by atoms with Crippen molar-refractivity contribution < 1.29 is 19.3 Å². The van der Waals surface area contributed by atoms with Crippen LogP contribution in [-0.2, 0) is 6.42 Å². The van der Waals surface area contributed by atoms with Crippen molar-refractivity contribution in [3.8, 4) is 17.2 Å². The Hall–Kier alpha value is -0.940. The minimum absolute atomic E-state index is 0.143. The Labute approximate surface area is 110 Å². The molecule has 4 nitrogen and oxygen atoms in total. The number of methoxy groups -OCH3 is 3. The van der Waals surface area contributed by atoms with Gasteiger partial charge in [-0.05, 0) is 28.8 Å². The maximum atomic E-state index is 8.90. The molecule has 0 aliphatic heterocycles. The van der Waals surface area contributed by atoms with E-state index in [1.54, 1.807) is 27.4 Å². The molecule has 0 aliphatic rings. The van der Waals surface area contributed by atoms with Crippen LogP contribution in [0.15, 0.2) is 10.5 Å². The summed E-state index contributed by atoms with van der Waals surface area (Å²) < 4.78 is 16.7. The number of hydrogen-bond acceptors (Lipinski definition) is 4. The van der Waals surface area contributed by atoms with Gasteiger partial charge >= 0.3 is 0 Å². The highest BCUT2D eigenvalue weighted by atomic mass is 79.9. The molecule has 0 fully saturated rings. The minimum Gasteiger partial charge on any atom is -0.496 e. The van der Waals surface area contributed by atoms with Gasteiger partial charge in [0.05, 0.1) is 25.8 Å². The molecule has 0 saturated carbocycles. The lowest BCUT2D eigenvalue weighted by Gasteiger charge is -2.16. The predicted octanol–water partition coefficient (Wildman–Crippen LogP) is 2.40. The predicted molar refractivity (Wildman–Crippen MR) is 69.2 cm³/mol. The van der Waals surface area contributed by atoms with E-state index in [0.717, 1.165) is 15.8 Å². The molecule has 1 rings (SSSR count). The lowest BCUT2D eigenvalue weighted by molar-refractivity contribution is 0.287. The van der Waals surface area contributed by atoms with Crippen LogP contribution in [0, 0.1) is 0 Å². The van der Waals surface area contributed by atoms with E-state index in [1.807, 2.05) is 0 Å². The van der Waals surface area contributed by atoms with Crippen molar-refractivity contribution in [3.63, 3.8) is 0 Å². The van der Waals surface area contributed by atoms with Gasteiger partial charge in [0, 0.05) is 18.2 Å². The molecule has 5 heteroatoms. The van der Waals surface area contributed by atoms with E-state index < -0.39 is 0 Å². The maximum Gasteiger partial charge on any atom is 0.175 e. The van der Waals surface area contributed by atoms with Crippen molar-refractivity contribution in [2.45, 2.75) is 12.8 Å². The molecule has 0 heterocycles. The van der Waals surface area contributed by atoms with Crippen molar-refractivity contribution in [1.82, 2.24) is 0 Å². The molecule has 0 aliphatic carbocycles. The first-order chi connectivity index (χ1) is 8.19. The molecular weight excluding hydrogens is 288 g/mol. The Morgan fingerprint density at radius 1 is 1.12 bits per heavy atom. The second kappa shape index (κ2) is 6.71. The first kappa shape index (κ1) is 14.1. The Balaban J connectivity index is 3.25. The zero-order chi connectivity index (χ0) is 12.8. The lowest BCUT2D eigenvalue weighted by atomic mass is 10.1. The molecule has 1 N–H and O–H groups in total. The summed E-state index contributed by atoms with van der Waals surface area (Å²) in [5.41, 5.74) is 0.971. The fraction of sp³-hybridized carbons (Fsp3) is 0.500. The molecule has 1 aromatic rings. The van der Waals surface area contributed by atoms with E-state index in [4.69, 9.17) is 19.3 Å². The van der Waals surface area contributed by atoms with Crippen LogP contribution in [0.1, 0.15) is 12.0 Å². The first-order valence-corrected chi connectivity index (χ1v) is 6.07. The molecule has 0 atom stereocenters. The number of hydrogen-bond donors (Lipinski definition) is 1. The molecule has 96 valence electrons. The average Bonchev–Trinajstić information content (AvgIpc) is 2.36. The van der Waals surface area contributed by atoms with Gasteiger partial charge in [-0.25, -0.2) is 0 Å². The van der Waals surface area contributed by atoms with Gasteiger partial charge in [-0.1, -0.05) is 0 Å². The quantitative estimate of drug-likeness (QED) is 0.877. The number of rotatable bonds is 6. The van der Waals surface area contributed by atoms with E-state index >= 15 is 0 Å². The van der Waals surface area contributed by atoms with Crippen LogP contribution in [0.25, 0.3) is 0 Å². The highest BCUT2D eigenvalue weighted by Crippen LogP contribution is 2.43. The van der Waals surface area contributed by atoms with Crippen LogP contribution >= 0.6 is 15.9 Å². The summed E-state index contributed by atoms with van der Waals surface area (Å²) in [5.74, 6) is 1.98. The monoisotopic (exact) mass is 304 g/mol. The van der Waals surface area contributed by atoms with Crippen LogP contribution in [-0.4, -0.2) is 33.0 Å². The summed E-state index contributed by atoms with van der Waals surface area (Å²) in [6.45, 7) is 0.143. The number of aliphatic hydroxyl groups is 1.